The number of rotatable bonds is 0. The van der Waals surface area contributed by atoms with Gasteiger partial charge in [0, 0.05) is 5.54 Å². The molecule has 0 radical (unpaired) electrons. The first kappa shape index (κ1) is 119. The third kappa shape index (κ3) is 301. The van der Waals surface area contributed by atoms with Crippen molar-refractivity contribution in [3.8, 4) is 0 Å². The Hall–Kier alpha value is 5.03. The third-order valence-corrected chi connectivity index (χ3v) is 0. The van der Waals surface area contributed by atoms with Crippen molar-refractivity contribution in [3.05, 3.63) is 0 Å². The second-order valence-electron chi connectivity index (χ2n) is 2.37. The molecule has 0 aromatic rings. The van der Waals surface area contributed by atoms with Crippen LogP contribution in [-0.4, -0.2) is 5.54 Å². The van der Waals surface area contributed by atoms with Gasteiger partial charge < -0.3 is 105 Å². The van der Waals surface area contributed by atoms with Crippen LogP contribution >= 0.6 is 0 Å². The van der Waals surface area contributed by atoms with Crippen LogP contribution in [0.3, 0.4) is 0 Å². The summed E-state index contributed by atoms with van der Waals surface area (Å²) in [6.07, 6.45) is 0. The van der Waals surface area contributed by atoms with Crippen LogP contribution in [0.1, 0.15) is 20.8 Å². The maximum absolute atomic E-state index is 5.35. The molecule has 0 spiro atoms. The molecule has 0 amide bonds. The van der Waals surface area contributed by atoms with Crippen molar-refractivity contribution in [1.29, 1.82) is 0 Å². The van der Waals surface area contributed by atoms with Gasteiger partial charge in [0.2, 0.25) is 0 Å². The Balaban J connectivity index is -0.00000000121. The van der Waals surface area contributed by atoms with Crippen LogP contribution in [0.2, 0.25) is 0 Å². The van der Waals surface area contributed by atoms with Gasteiger partial charge in [-0.05, 0) is 20.8 Å². The molecule has 0 saturated carbocycles. The monoisotopic (exact) mass is 744 g/mol. The number of hydrogen-bond donors (Lipinski definition) is 1. The standard InChI is InChI=1S/C4H11N.8ClH.4Mo/c1-4(2,3)5;;;;;;;;;;;;/h5H2,1-3H3;8*1H;;;;/q;;;;;;;;;4*+2/p-8. The maximum Gasteiger partial charge on any atom is 2.00 e. The fraction of sp³-hybridized carbons (Fsp3) is 1.00. The van der Waals surface area contributed by atoms with E-state index in [1.807, 2.05) is 20.8 Å². The number of hydrogen-bond acceptors (Lipinski definition) is 1. The molecule has 0 aliphatic carbocycles. The molecule has 1 nitrogen and oxygen atoms in total. The Labute approximate surface area is 212 Å². The summed E-state index contributed by atoms with van der Waals surface area (Å²) in [6, 6.07) is 0. The summed E-state index contributed by atoms with van der Waals surface area (Å²) in [7, 11) is 0. The van der Waals surface area contributed by atoms with E-state index in [0.29, 0.717) is 0 Å². The molecule has 17 heavy (non-hydrogen) atoms. The molecule has 0 atom stereocenters. The minimum absolute atomic E-state index is 0. The van der Waals surface area contributed by atoms with E-state index in [0.717, 1.165) is 0 Å². The number of nitrogens with two attached hydrogens (primary N) is 1. The van der Waals surface area contributed by atoms with Crippen LogP contribution in [0.5, 0.6) is 0 Å². The number of halogens is 8. The minimum Gasteiger partial charge on any atom is -1.00 e. The summed E-state index contributed by atoms with van der Waals surface area (Å²) in [5.41, 5.74) is 5.35. The zero-order chi connectivity index (χ0) is 4.50. The van der Waals surface area contributed by atoms with E-state index in [4.69, 9.17) is 5.73 Å². The topological polar surface area (TPSA) is 26.0 Å². The first-order chi connectivity index (χ1) is 2.00. The van der Waals surface area contributed by atoms with Gasteiger partial charge in [-0.25, -0.2) is 0 Å². The van der Waals surface area contributed by atoms with Crippen LogP contribution in [0, 0.1) is 0 Å². The van der Waals surface area contributed by atoms with Crippen molar-refractivity contribution in [2.24, 2.45) is 5.73 Å². The average molecular weight is 741 g/mol. The molecule has 0 rings (SSSR count). The molecule has 0 aliphatic rings. The maximum atomic E-state index is 5.35. The van der Waals surface area contributed by atoms with Crippen LogP contribution in [0.4, 0.5) is 0 Å². The van der Waals surface area contributed by atoms with Gasteiger partial charge >= 0.3 is 84.3 Å². The van der Waals surface area contributed by atoms with Crippen molar-refractivity contribution in [2.45, 2.75) is 26.3 Å². The quantitative estimate of drug-likeness (QED) is 0.246. The van der Waals surface area contributed by atoms with Crippen LogP contribution < -0.4 is 105 Å². The predicted octanol–water partition coefficient (Wildman–Crippen LogP) is -23.2. The largest absolute Gasteiger partial charge is 2.00 e. The van der Waals surface area contributed by atoms with Gasteiger partial charge in [-0.3, -0.25) is 0 Å². The minimum atomic E-state index is 0. The van der Waals surface area contributed by atoms with Crippen LogP contribution in [0.15, 0.2) is 0 Å². The molecule has 0 aromatic heterocycles. The molecule has 0 heterocycles. The normalized spacial score (nSPS) is 3.53. The summed E-state index contributed by atoms with van der Waals surface area (Å²) < 4.78 is 0. The van der Waals surface area contributed by atoms with E-state index in [9.17, 15) is 0 Å². The summed E-state index contributed by atoms with van der Waals surface area (Å²) in [5, 5.41) is 0. The Morgan fingerprint density at radius 2 is 0.471 bits per heavy atom. The Kier molecular flexibility index (Phi) is 487. The molecule has 0 fully saturated rings. The van der Waals surface area contributed by atoms with E-state index in [1.165, 1.54) is 0 Å². The van der Waals surface area contributed by atoms with Crippen LogP contribution in [0.25, 0.3) is 0 Å². The molecular formula is C4H11Cl8Mo4N. The molecule has 0 bridgehead atoms. The summed E-state index contributed by atoms with van der Waals surface area (Å²) in [6.45, 7) is 5.90. The third-order valence-electron chi connectivity index (χ3n) is 0. The van der Waals surface area contributed by atoms with E-state index in [2.05, 4.69) is 0 Å². The molecule has 0 aliphatic heterocycles. The molecule has 2 N–H and O–H groups in total. The van der Waals surface area contributed by atoms with Gasteiger partial charge in [0.05, 0.1) is 0 Å². The Morgan fingerprint density at radius 3 is 0.471 bits per heavy atom. The summed E-state index contributed by atoms with van der Waals surface area (Å²) in [5.74, 6) is 0. The molecule has 13 heteroatoms. The van der Waals surface area contributed by atoms with Crippen molar-refractivity contribution in [1.82, 2.24) is 0 Å². The molecule has 112 valence electrons. The van der Waals surface area contributed by atoms with Gasteiger partial charge in [-0.15, -0.1) is 0 Å². The molecular weight excluding hydrogens is 729 g/mol. The van der Waals surface area contributed by atoms with Gasteiger partial charge in [-0.2, -0.15) is 0 Å². The van der Waals surface area contributed by atoms with Gasteiger partial charge in [0.25, 0.3) is 0 Å². The van der Waals surface area contributed by atoms with Crippen molar-refractivity contribution < 1.29 is 184 Å². The van der Waals surface area contributed by atoms with E-state index in [-0.39, 0.29) is 189 Å². The van der Waals surface area contributed by atoms with Crippen LogP contribution in [-0.2, 0) is 84.3 Å². The first-order valence-electron chi connectivity index (χ1n) is 1.79. The van der Waals surface area contributed by atoms with Gasteiger partial charge in [0.1, 0.15) is 0 Å². The van der Waals surface area contributed by atoms with E-state index in [1.54, 1.807) is 0 Å². The van der Waals surface area contributed by atoms with Crippen molar-refractivity contribution in [2.75, 3.05) is 0 Å². The van der Waals surface area contributed by atoms with Crippen molar-refractivity contribution >= 4 is 0 Å². The predicted molar refractivity (Wildman–Crippen MR) is 23.9 cm³/mol. The second kappa shape index (κ2) is 69.3. The average Bonchev–Trinajstić information content (AvgIpc) is 0.722. The fourth-order valence-corrected chi connectivity index (χ4v) is 0. The summed E-state index contributed by atoms with van der Waals surface area (Å²) in [4.78, 5) is 0. The van der Waals surface area contributed by atoms with Gasteiger partial charge in [0.15, 0.2) is 0 Å². The van der Waals surface area contributed by atoms with Gasteiger partial charge in [-0.1, -0.05) is 0 Å². The van der Waals surface area contributed by atoms with Crippen molar-refractivity contribution in [3.63, 3.8) is 0 Å². The first-order valence-corrected chi connectivity index (χ1v) is 1.79. The van der Waals surface area contributed by atoms with E-state index < -0.39 is 0 Å². The van der Waals surface area contributed by atoms with E-state index >= 15 is 0 Å². The molecule has 0 unspecified atom stereocenters. The zero-order valence-corrected chi connectivity index (χ0v) is 22.8. The Bertz CT molecular complexity index is 45.0. The second-order valence-corrected chi connectivity index (χ2v) is 2.37. The summed E-state index contributed by atoms with van der Waals surface area (Å²) >= 11 is 0. The zero-order valence-electron chi connectivity index (χ0n) is 8.73. The molecule has 0 saturated heterocycles. The Morgan fingerprint density at radius 1 is 0.471 bits per heavy atom. The molecule has 0 aromatic carbocycles. The smallest absolute Gasteiger partial charge is 1.00 e. The SMILES string of the molecule is CC(C)(C)N.[Cl-].[Cl-].[Cl-].[Cl-].[Cl-].[Cl-].[Cl-].[Cl-].[Mo+2].[Mo+2].[Mo+2].[Mo+2]. The fourth-order valence-electron chi connectivity index (χ4n) is 0.